The molecule has 0 saturated heterocycles. The molecule has 0 saturated carbocycles. The van der Waals surface area contributed by atoms with Crippen LogP contribution in [0.4, 0.5) is 5.69 Å². The molecule has 0 aliphatic carbocycles. The molecule has 1 atom stereocenters. The smallest absolute Gasteiger partial charge is 0.311 e. The van der Waals surface area contributed by atoms with Crippen molar-refractivity contribution in [1.82, 2.24) is 0 Å². The molecular formula is C18H17NO5. The number of fused-ring (bicyclic) bond motifs is 1. The van der Waals surface area contributed by atoms with E-state index in [9.17, 15) is 14.7 Å². The fourth-order valence-corrected chi connectivity index (χ4v) is 2.59. The molecule has 6 nitrogen and oxygen atoms in total. The van der Waals surface area contributed by atoms with Crippen LogP contribution in [0.25, 0.3) is 0 Å². The highest BCUT2D eigenvalue weighted by Gasteiger charge is 2.24. The lowest BCUT2D eigenvalue weighted by Gasteiger charge is -2.21. The lowest BCUT2D eigenvalue weighted by molar-refractivity contribution is -0.140. The second-order valence-corrected chi connectivity index (χ2v) is 5.38. The van der Waals surface area contributed by atoms with E-state index in [1.807, 2.05) is 0 Å². The summed E-state index contributed by atoms with van der Waals surface area (Å²) in [6, 6.07) is 13.9. The second kappa shape index (κ2) is 7.04. The Morgan fingerprint density at radius 2 is 1.79 bits per heavy atom. The molecule has 0 fully saturated rings. The van der Waals surface area contributed by atoms with Crippen LogP contribution < -0.4 is 14.8 Å². The van der Waals surface area contributed by atoms with Gasteiger partial charge in [-0.1, -0.05) is 36.4 Å². The second-order valence-electron chi connectivity index (χ2n) is 5.38. The lowest BCUT2D eigenvalue weighted by atomic mass is 9.95. The van der Waals surface area contributed by atoms with Crippen LogP contribution in [-0.4, -0.2) is 30.2 Å². The zero-order chi connectivity index (χ0) is 16.9. The third-order valence-electron chi connectivity index (χ3n) is 3.73. The van der Waals surface area contributed by atoms with Gasteiger partial charge in [-0.15, -0.1) is 0 Å². The number of anilines is 1. The van der Waals surface area contributed by atoms with Crippen molar-refractivity contribution in [2.45, 2.75) is 12.3 Å². The summed E-state index contributed by atoms with van der Waals surface area (Å²) in [6.45, 7) is 0.862. The largest absolute Gasteiger partial charge is 0.486 e. The SMILES string of the molecule is O=C(C[C@@H](C(=O)O)c1ccccc1)Nc1cccc2c1OCCO2. The predicted octanol–water partition coefficient (Wildman–Crippen LogP) is 2.65. The van der Waals surface area contributed by atoms with E-state index in [2.05, 4.69) is 5.32 Å². The summed E-state index contributed by atoms with van der Waals surface area (Å²) >= 11 is 0. The van der Waals surface area contributed by atoms with Gasteiger partial charge >= 0.3 is 5.97 Å². The Hall–Kier alpha value is -3.02. The van der Waals surface area contributed by atoms with Crippen LogP contribution in [0.3, 0.4) is 0 Å². The zero-order valence-electron chi connectivity index (χ0n) is 12.9. The first kappa shape index (κ1) is 15.9. The van der Waals surface area contributed by atoms with E-state index in [-0.39, 0.29) is 6.42 Å². The highest BCUT2D eigenvalue weighted by Crippen LogP contribution is 2.37. The van der Waals surface area contributed by atoms with Crippen LogP contribution >= 0.6 is 0 Å². The van der Waals surface area contributed by atoms with E-state index in [0.717, 1.165) is 0 Å². The maximum absolute atomic E-state index is 12.3. The van der Waals surface area contributed by atoms with Gasteiger partial charge in [-0.25, -0.2) is 0 Å². The van der Waals surface area contributed by atoms with Crippen molar-refractivity contribution < 1.29 is 24.2 Å². The Morgan fingerprint density at radius 3 is 2.54 bits per heavy atom. The molecular weight excluding hydrogens is 310 g/mol. The molecule has 1 amide bonds. The number of benzene rings is 2. The van der Waals surface area contributed by atoms with Gasteiger partial charge < -0.3 is 19.9 Å². The molecule has 2 N–H and O–H groups in total. The molecule has 124 valence electrons. The number of ether oxygens (including phenoxy) is 2. The number of rotatable bonds is 5. The average Bonchev–Trinajstić information content (AvgIpc) is 2.60. The first-order valence-electron chi connectivity index (χ1n) is 7.61. The summed E-state index contributed by atoms with van der Waals surface area (Å²) in [5.74, 6) is -1.29. The van der Waals surface area contributed by atoms with Crippen molar-refractivity contribution in [3.8, 4) is 11.5 Å². The molecule has 0 radical (unpaired) electrons. The van der Waals surface area contributed by atoms with Crippen LogP contribution in [0.2, 0.25) is 0 Å². The third kappa shape index (κ3) is 3.48. The highest BCUT2D eigenvalue weighted by molar-refractivity contribution is 5.96. The predicted molar refractivity (Wildman–Crippen MR) is 87.5 cm³/mol. The summed E-state index contributed by atoms with van der Waals surface area (Å²) in [4.78, 5) is 23.8. The van der Waals surface area contributed by atoms with Crippen LogP contribution in [0.1, 0.15) is 17.9 Å². The van der Waals surface area contributed by atoms with Gasteiger partial charge in [0.1, 0.15) is 13.2 Å². The Labute approximate surface area is 139 Å². The quantitative estimate of drug-likeness (QED) is 0.882. The van der Waals surface area contributed by atoms with E-state index >= 15 is 0 Å². The summed E-state index contributed by atoms with van der Waals surface area (Å²) in [5, 5.41) is 12.1. The number of hydrogen-bond donors (Lipinski definition) is 2. The van der Waals surface area contributed by atoms with Crippen molar-refractivity contribution in [3.05, 3.63) is 54.1 Å². The van der Waals surface area contributed by atoms with Gasteiger partial charge in [0.05, 0.1) is 11.6 Å². The summed E-state index contributed by atoms with van der Waals surface area (Å²) in [5.41, 5.74) is 1.07. The molecule has 0 unspecified atom stereocenters. The third-order valence-corrected chi connectivity index (χ3v) is 3.73. The number of carbonyl (C=O) groups excluding carboxylic acids is 1. The normalized spacial score (nSPS) is 13.8. The Bertz CT molecular complexity index is 744. The highest BCUT2D eigenvalue weighted by atomic mass is 16.6. The first-order valence-corrected chi connectivity index (χ1v) is 7.61. The van der Waals surface area contributed by atoms with E-state index in [1.54, 1.807) is 48.5 Å². The summed E-state index contributed by atoms with van der Waals surface area (Å²) in [6.07, 6.45) is -0.163. The van der Waals surface area contributed by atoms with E-state index in [4.69, 9.17) is 9.47 Å². The number of hydrogen-bond acceptors (Lipinski definition) is 4. The Kier molecular flexibility index (Phi) is 4.65. The van der Waals surface area contributed by atoms with Gasteiger partial charge in [0, 0.05) is 6.42 Å². The van der Waals surface area contributed by atoms with E-state index in [0.29, 0.717) is 36.0 Å². The van der Waals surface area contributed by atoms with E-state index in [1.165, 1.54) is 0 Å². The number of carboxylic acid groups (broad SMARTS) is 1. The summed E-state index contributed by atoms with van der Waals surface area (Å²) in [7, 11) is 0. The van der Waals surface area contributed by atoms with Crippen molar-refractivity contribution >= 4 is 17.6 Å². The molecule has 0 spiro atoms. The summed E-state index contributed by atoms with van der Waals surface area (Å²) < 4.78 is 11.0. The number of carbonyl (C=O) groups is 2. The Morgan fingerprint density at radius 1 is 1.04 bits per heavy atom. The fourth-order valence-electron chi connectivity index (χ4n) is 2.59. The van der Waals surface area contributed by atoms with Crippen LogP contribution in [0.5, 0.6) is 11.5 Å². The number of para-hydroxylation sites is 1. The zero-order valence-corrected chi connectivity index (χ0v) is 12.9. The Balaban J connectivity index is 1.74. The van der Waals surface area contributed by atoms with Crippen LogP contribution in [0, 0.1) is 0 Å². The molecule has 1 aliphatic heterocycles. The molecule has 0 aromatic heterocycles. The van der Waals surface area contributed by atoms with Gasteiger partial charge in [0.25, 0.3) is 0 Å². The molecule has 0 bridgehead atoms. The minimum Gasteiger partial charge on any atom is -0.486 e. The number of carboxylic acids is 1. The monoisotopic (exact) mass is 327 g/mol. The van der Waals surface area contributed by atoms with Gasteiger partial charge in [-0.2, -0.15) is 0 Å². The fraction of sp³-hybridized carbons (Fsp3) is 0.222. The van der Waals surface area contributed by atoms with Gasteiger partial charge in [-0.05, 0) is 17.7 Å². The first-order chi connectivity index (χ1) is 11.6. The number of aliphatic carboxylic acids is 1. The molecule has 24 heavy (non-hydrogen) atoms. The molecule has 6 heteroatoms. The molecule has 2 aromatic carbocycles. The van der Waals surface area contributed by atoms with Crippen molar-refractivity contribution in [3.63, 3.8) is 0 Å². The minimum absolute atomic E-state index is 0.163. The maximum atomic E-state index is 12.3. The van der Waals surface area contributed by atoms with E-state index < -0.39 is 17.8 Å². The molecule has 1 heterocycles. The molecule has 1 aliphatic rings. The van der Waals surface area contributed by atoms with Crippen molar-refractivity contribution in [2.75, 3.05) is 18.5 Å². The van der Waals surface area contributed by atoms with Gasteiger partial charge in [-0.3, -0.25) is 9.59 Å². The number of amides is 1. The van der Waals surface area contributed by atoms with Crippen LogP contribution in [0.15, 0.2) is 48.5 Å². The standard InChI is InChI=1S/C18H17NO5/c20-16(11-13(18(21)22)12-5-2-1-3-6-12)19-14-7-4-8-15-17(14)24-10-9-23-15/h1-8,13H,9-11H2,(H,19,20)(H,21,22)/t13-/m1/s1. The van der Waals surface area contributed by atoms with Crippen molar-refractivity contribution in [1.29, 1.82) is 0 Å². The molecule has 2 aromatic rings. The average molecular weight is 327 g/mol. The molecule has 3 rings (SSSR count). The van der Waals surface area contributed by atoms with Crippen LogP contribution in [-0.2, 0) is 9.59 Å². The van der Waals surface area contributed by atoms with Gasteiger partial charge in [0.2, 0.25) is 5.91 Å². The van der Waals surface area contributed by atoms with Crippen molar-refractivity contribution in [2.24, 2.45) is 0 Å². The number of nitrogens with one attached hydrogen (secondary N) is 1. The maximum Gasteiger partial charge on any atom is 0.311 e. The lowest BCUT2D eigenvalue weighted by Crippen LogP contribution is -2.22. The topological polar surface area (TPSA) is 84.9 Å². The minimum atomic E-state index is -1.04. The van der Waals surface area contributed by atoms with Gasteiger partial charge in [0.15, 0.2) is 11.5 Å².